The molecule has 1 heterocycles. The fraction of sp³-hybridized carbons (Fsp3) is 0.478. The number of nitrogens with one attached hydrogen (secondary N) is 1. The summed E-state index contributed by atoms with van der Waals surface area (Å²) in [5, 5.41) is 0. The molecule has 3 atom stereocenters. The number of likely N-dealkylation sites (tertiary alicyclic amines) is 1. The molecular formula is C23H31FN2O3S. The molecule has 3 rings (SSSR count). The second-order valence-electron chi connectivity index (χ2n) is 8.03. The van der Waals surface area contributed by atoms with Gasteiger partial charge in [-0.2, -0.15) is 0 Å². The molecule has 0 radical (unpaired) electrons. The van der Waals surface area contributed by atoms with Gasteiger partial charge in [0.25, 0.3) is 0 Å². The first kappa shape index (κ1) is 22.9. The summed E-state index contributed by atoms with van der Waals surface area (Å²) in [6, 6.07) is 14.6. The van der Waals surface area contributed by atoms with Crippen molar-refractivity contribution in [3.63, 3.8) is 0 Å². The minimum Gasteiger partial charge on any atom is -0.377 e. The summed E-state index contributed by atoms with van der Waals surface area (Å²) in [4.78, 5) is 2.38. The van der Waals surface area contributed by atoms with Crippen LogP contribution in [0.2, 0.25) is 0 Å². The molecule has 30 heavy (non-hydrogen) atoms. The van der Waals surface area contributed by atoms with Crippen molar-refractivity contribution in [3.8, 4) is 0 Å². The van der Waals surface area contributed by atoms with E-state index in [-0.39, 0.29) is 23.9 Å². The number of ether oxygens (including phenoxy) is 1. The van der Waals surface area contributed by atoms with Crippen LogP contribution in [0.3, 0.4) is 0 Å². The van der Waals surface area contributed by atoms with Crippen molar-refractivity contribution in [2.24, 2.45) is 0 Å². The summed E-state index contributed by atoms with van der Waals surface area (Å²) in [5.41, 5.74) is 3.25. The second-order valence-corrected chi connectivity index (χ2v) is 9.81. The third kappa shape index (κ3) is 6.35. The fourth-order valence-electron chi connectivity index (χ4n) is 4.16. The summed E-state index contributed by atoms with van der Waals surface area (Å²) in [6.07, 6.45) is 2.21. The van der Waals surface area contributed by atoms with Crippen molar-refractivity contribution in [3.05, 3.63) is 71.0 Å². The third-order valence-corrected chi connectivity index (χ3v) is 6.38. The van der Waals surface area contributed by atoms with Crippen molar-refractivity contribution in [1.29, 1.82) is 0 Å². The number of halogens is 1. The van der Waals surface area contributed by atoms with E-state index in [9.17, 15) is 12.8 Å². The number of piperidine rings is 1. The van der Waals surface area contributed by atoms with E-state index >= 15 is 0 Å². The van der Waals surface area contributed by atoms with Gasteiger partial charge in [0.1, 0.15) is 5.82 Å². The van der Waals surface area contributed by atoms with E-state index in [1.807, 2.05) is 38.1 Å². The van der Waals surface area contributed by atoms with Crippen molar-refractivity contribution >= 4 is 10.0 Å². The van der Waals surface area contributed by atoms with Crippen molar-refractivity contribution in [1.82, 2.24) is 9.62 Å². The molecule has 7 heteroatoms. The van der Waals surface area contributed by atoms with E-state index in [1.54, 1.807) is 0 Å². The van der Waals surface area contributed by atoms with Crippen LogP contribution in [-0.2, 0) is 21.3 Å². The summed E-state index contributed by atoms with van der Waals surface area (Å²) in [7, 11) is -3.24. The first-order valence-electron chi connectivity index (χ1n) is 10.4. The number of nitrogens with zero attached hydrogens (tertiary/aromatic N) is 1. The average molecular weight is 435 g/mol. The van der Waals surface area contributed by atoms with Gasteiger partial charge in [0.15, 0.2) is 0 Å². The normalized spacial score (nSPS) is 21.5. The van der Waals surface area contributed by atoms with Crippen LogP contribution in [-0.4, -0.2) is 45.4 Å². The molecule has 1 saturated heterocycles. The maximum Gasteiger partial charge on any atom is 0.209 e. The lowest BCUT2D eigenvalue weighted by molar-refractivity contribution is -0.0116. The summed E-state index contributed by atoms with van der Waals surface area (Å²) >= 11 is 0. The lowest BCUT2D eigenvalue weighted by Crippen LogP contribution is -2.43. The molecule has 5 nitrogen and oxygen atoms in total. The van der Waals surface area contributed by atoms with Crippen LogP contribution >= 0.6 is 0 Å². The average Bonchev–Trinajstić information content (AvgIpc) is 2.69. The number of rotatable bonds is 8. The van der Waals surface area contributed by atoms with Gasteiger partial charge in [0.05, 0.1) is 12.4 Å². The molecule has 164 valence electrons. The van der Waals surface area contributed by atoms with Gasteiger partial charge < -0.3 is 4.74 Å². The molecule has 2 aromatic carbocycles. The Morgan fingerprint density at radius 1 is 1.17 bits per heavy atom. The maximum absolute atomic E-state index is 13.3. The molecule has 0 bridgehead atoms. The van der Waals surface area contributed by atoms with Crippen LogP contribution in [0.15, 0.2) is 48.5 Å². The molecule has 1 N–H and O–H groups in total. The van der Waals surface area contributed by atoms with Crippen LogP contribution in [0.25, 0.3) is 0 Å². The van der Waals surface area contributed by atoms with Gasteiger partial charge in [-0.1, -0.05) is 36.4 Å². The molecule has 0 aliphatic carbocycles. The SMILES string of the molecule is CCOC1CN(Cc2ccc([C@@H](C)NS(C)(=O)=O)cc2)CCC1c1ccc(F)cc1. The Balaban J connectivity index is 1.63. The first-order chi connectivity index (χ1) is 14.2. The minimum atomic E-state index is -3.24. The predicted octanol–water partition coefficient (Wildman–Crippen LogP) is 3.83. The Bertz CT molecular complexity index is 916. The highest BCUT2D eigenvalue weighted by Gasteiger charge is 2.30. The fourth-order valence-corrected chi connectivity index (χ4v) is 4.94. The Morgan fingerprint density at radius 3 is 2.43 bits per heavy atom. The molecule has 2 aromatic rings. The zero-order chi connectivity index (χ0) is 21.7. The van der Waals surface area contributed by atoms with Crippen LogP contribution < -0.4 is 4.72 Å². The number of hydrogen-bond acceptors (Lipinski definition) is 4. The van der Waals surface area contributed by atoms with E-state index in [0.717, 1.165) is 37.2 Å². The molecular weight excluding hydrogens is 403 g/mol. The molecule has 0 saturated carbocycles. The highest BCUT2D eigenvalue weighted by atomic mass is 32.2. The Kier molecular flexibility index (Phi) is 7.63. The van der Waals surface area contributed by atoms with Gasteiger partial charge in [0.2, 0.25) is 10.0 Å². The largest absolute Gasteiger partial charge is 0.377 e. The molecule has 2 unspecified atom stereocenters. The second kappa shape index (κ2) is 10.0. The van der Waals surface area contributed by atoms with Gasteiger partial charge >= 0.3 is 0 Å². The molecule has 1 aliphatic rings. The minimum absolute atomic E-state index is 0.0764. The van der Waals surface area contributed by atoms with Gasteiger partial charge in [-0.05, 0) is 55.6 Å². The zero-order valence-corrected chi connectivity index (χ0v) is 18.7. The Hall–Kier alpha value is -1.80. The van der Waals surface area contributed by atoms with E-state index in [2.05, 4.69) is 21.8 Å². The highest BCUT2D eigenvalue weighted by Crippen LogP contribution is 2.31. The monoisotopic (exact) mass is 434 g/mol. The van der Waals surface area contributed by atoms with Crippen LogP contribution in [0.4, 0.5) is 4.39 Å². The highest BCUT2D eigenvalue weighted by molar-refractivity contribution is 7.88. The lowest BCUT2D eigenvalue weighted by Gasteiger charge is -2.38. The summed E-state index contributed by atoms with van der Waals surface area (Å²) in [5.74, 6) is 0.0562. The van der Waals surface area contributed by atoms with Crippen molar-refractivity contribution < 1.29 is 17.5 Å². The number of sulfonamides is 1. The number of benzene rings is 2. The summed E-state index contributed by atoms with van der Waals surface area (Å²) < 4.78 is 44.8. The van der Waals surface area contributed by atoms with E-state index < -0.39 is 10.0 Å². The van der Waals surface area contributed by atoms with E-state index in [1.165, 1.54) is 24.0 Å². The lowest BCUT2D eigenvalue weighted by atomic mass is 9.86. The van der Waals surface area contributed by atoms with Crippen LogP contribution in [0.5, 0.6) is 0 Å². The van der Waals surface area contributed by atoms with E-state index in [4.69, 9.17) is 4.74 Å². The van der Waals surface area contributed by atoms with Crippen LogP contribution in [0.1, 0.15) is 48.9 Å². The topological polar surface area (TPSA) is 58.6 Å². The smallest absolute Gasteiger partial charge is 0.209 e. The Labute approximate surface area is 179 Å². The van der Waals surface area contributed by atoms with Crippen LogP contribution in [0, 0.1) is 5.82 Å². The summed E-state index contributed by atoms with van der Waals surface area (Å²) in [6.45, 7) is 7.07. The molecule has 1 aliphatic heterocycles. The van der Waals surface area contributed by atoms with Crippen molar-refractivity contribution in [2.45, 2.75) is 44.9 Å². The standard InChI is InChI=1S/C23H31FN2O3S/c1-4-29-23-16-26(14-13-22(23)20-9-11-21(24)12-10-20)15-18-5-7-19(8-6-18)17(2)25-30(3,27)28/h5-12,17,22-23,25H,4,13-16H2,1-3H3/t17-,22?,23?/m1/s1. The van der Waals surface area contributed by atoms with Gasteiger partial charge in [0, 0.05) is 31.7 Å². The molecule has 0 aromatic heterocycles. The predicted molar refractivity (Wildman–Crippen MR) is 117 cm³/mol. The zero-order valence-electron chi connectivity index (χ0n) is 17.8. The number of hydrogen-bond donors (Lipinski definition) is 1. The first-order valence-corrected chi connectivity index (χ1v) is 12.3. The molecule has 0 amide bonds. The van der Waals surface area contributed by atoms with Gasteiger partial charge in [-0.25, -0.2) is 17.5 Å². The quantitative estimate of drug-likeness (QED) is 0.686. The van der Waals surface area contributed by atoms with Gasteiger partial charge in [-0.15, -0.1) is 0 Å². The van der Waals surface area contributed by atoms with E-state index in [0.29, 0.717) is 6.61 Å². The van der Waals surface area contributed by atoms with Gasteiger partial charge in [-0.3, -0.25) is 4.90 Å². The molecule has 1 fully saturated rings. The maximum atomic E-state index is 13.3. The van der Waals surface area contributed by atoms with Crippen molar-refractivity contribution in [2.75, 3.05) is 26.0 Å². The molecule has 0 spiro atoms. The third-order valence-electron chi connectivity index (χ3n) is 5.60. The Morgan fingerprint density at radius 2 is 1.83 bits per heavy atom.